The molecule has 0 radical (unpaired) electrons. The van der Waals surface area contributed by atoms with Crippen molar-refractivity contribution < 1.29 is 13.2 Å². The summed E-state index contributed by atoms with van der Waals surface area (Å²) in [5, 5.41) is 10.4. The number of hydrogen-bond acceptors (Lipinski definition) is 4. The van der Waals surface area contributed by atoms with E-state index < -0.39 is 10.0 Å². The second-order valence-corrected chi connectivity index (χ2v) is 9.60. The fourth-order valence-corrected chi connectivity index (χ4v) is 4.77. The molecule has 1 aromatic heterocycles. The highest BCUT2D eigenvalue weighted by atomic mass is 32.2. The lowest BCUT2D eigenvalue weighted by atomic mass is 10.1. The van der Waals surface area contributed by atoms with Crippen LogP contribution in [0.4, 0.5) is 4.79 Å². The molecule has 2 heterocycles. The lowest BCUT2D eigenvalue weighted by Gasteiger charge is -2.31. The number of aromatic nitrogens is 2. The monoisotopic (exact) mass is 419 g/mol. The van der Waals surface area contributed by atoms with Crippen LogP contribution >= 0.6 is 0 Å². The zero-order valence-corrected chi connectivity index (χ0v) is 17.9. The van der Waals surface area contributed by atoms with E-state index in [0.717, 1.165) is 16.9 Å². The second-order valence-electron chi connectivity index (χ2n) is 7.35. The predicted octanol–water partition coefficient (Wildman–Crippen LogP) is 2.36. The van der Waals surface area contributed by atoms with Crippen molar-refractivity contribution >= 4 is 16.1 Å². The molecule has 9 heteroatoms. The molecule has 0 bridgehead atoms. The van der Waals surface area contributed by atoms with Gasteiger partial charge in [0.1, 0.15) is 0 Å². The maximum absolute atomic E-state index is 12.4. The highest BCUT2D eigenvalue weighted by Crippen LogP contribution is 2.20. The smallest absolute Gasteiger partial charge is 0.315 e. The van der Waals surface area contributed by atoms with E-state index in [1.807, 2.05) is 48.9 Å². The molecule has 3 rings (SSSR count). The third-order valence-corrected chi connectivity index (χ3v) is 7.29. The predicted molar refractivity (Wildman–Crippen MR) is 112 cm³/mol. The molecule has 2 aromatic rings. The highest BCUT2D eigenvalue weighted by Gasteiger charge is 2.27. The van der Waals surface area contributed by atoms with Crippen LogP contribution in [-0.2, 0) is 10.0 Å². The van der Waals surface area contributed by atoms with E-state index in [9.17, 15) is 13.2 Å². The van der Waals surface area contributed by atoms with Crippen molar-refractivity contribution in [2.75, 3.05) is 18.8 Å². The number of rotatable bonds is 6. The van der Waals surface area contributed by atoms with Gasteiger partial charge < -0.3 is 10.6 Å². The van der Waals surface area contributed by atoms with Crippen LogP contribution in [0.2, 0.25) is 0 Å². The molecule has 2 amide bonds. The van der Waals surface area contributed by atoms with Gasteiger partial charge >= 0.3 is 6.03 Å². The van der Waals surface area contributed by atoms with Crippen molar-refractivity contribution in [1.82, 2.24) is 24.7 Å². The van der Waals surface area contributed by atoms with Crippen LogP contribution in [0.1, 0.15) is 44.0 Å². The SMILES string of the molecule is CCS(=O)(=O)N1CCC(NC(=O)NC(C)c2cnn(-c3ccccc3)c2C)CC1. The number of hydrogen-bond donors (Lipinski definition) is 2. The fourth-order valence-electron chi connectivity index (χ4n) is 3.64. The minimum absolute atomic E-state index is 0.0290. The maximum atomic E-state index is 12.4. The lowest BCUT2D eigenvalue weighted by molar-refractivity contribution is 0.225. The van der Waals surface area contributed by atoms with Gasteiger partial charge in [0.25, 0.3) is 0 Å². The van der Waals surface area contributed by atoms with Gasteiger partial charge in [-0.1, -0.05) is 18.2 Å². The minimum atomic E-state index is -3.16. The van der Waals surface area contributed by atoms with Gasteiger partial charge in [0.05, 0.1) is 23.7 Å². The third kappa shape index (κ3) is 4.97. The van der Waals surface area contributed by atoms with Crippen molar-refractivity contribution in [2.24, 2.45) is 0 Å². The Labute approximate surface area is 172 Å². The molecule has 0 aliphatic carbocycles. The van der Waals surface area contributed by atoms with Crippen molar-refractivity contribution in [3.8, 4) is 5.69 Å². The first-order chi connectivity index (χ1) is 13.8. The summed E-state index contributed by atoms with van der Waals surface area (Å²) in [6.07, 6.45) is 3.01. The van der Waals surface area contributed by atoms with Crippen LogP contribution in [0.3, 0.4) is 0 Å². The van der Waals surface area contributed by atoms with Gasteiger partial charge in [0, 0.05) is 30.4 Å². The Morgan fingerprint density at radius 3 is 2.52 bits per heavy atom. The molecule has 1 aromatic carbocycles. The molecular formula is C20H29N5O3S. The first-order valence-corrected chi connectivity index (χ1v) is 11.6. The maximum Gasteiger partial charge on any atom is 0.315 e. The third-order valence-electron chi connectivity index (χ3n) is 5.41. The Hall–Kier alpha value is -2.39. The molecule has 0 saturated carbocycles. The first-order valence-electron chi connectivity index (χ1n) is 9.96. The van der Waals surface area contributed by atoms with Gasteiger partial charge in [-0.3, -0.25) is 0 Å². The molecule has 8 nitrogen and oxygen atoms in total. The Bertz CT molecular complexity index is 934. The summed E-state index contributed by atoms with van der Waals surface area (Å²) in [6, 6.07) is 9.37. The minimum Gasteiger partial charge on any atom is -0.335 e. The van der Waals surface area contributed by atoms with E-state index in [1.165, 1.54) is 4.31 Å². The standard InChI is InChI=1S/C20H29N5O3S/c1-4-29(27,28)24-12-10-17(11-13-24)23-20(26)22-15(2)19-14-21-25(16(19)3)18-8-6-5-7-9-18/h5-9,14-15,17H,4,10-13H2,1-3H3,(H2,22,23,26). The number of benzene rings is 1. The summed E-state index contributed by atoms with van der Waals surface area (Å²) in [7, 11) is -3.16. The molecule has 1 aliphatic heterocycles. The van der Waals surface area contributed by atoms with E-state index in [1.54, 1.807) is 13.1 Å². The van der Waals surface area contributed by atoms with Gasteiger partial charge in [-0.15, -0.1) is 0 Å². The van der Waals surface area contributed by atoms with Gasteiger partial charge in [-0.05, 0) is 45.7 Å². The van der Waals surface area contributed by atoms with Crippen molar-refractivity contribution in [1.29, 1.82) is 0 Å². The number of sulfonamides is 1. The molecule has 29 heavy (non-hydrogen) atoms. The normalized spacial score (nSPS) is 17.1. The summed E-state index contributed by atoms with van der Waals surface area (Å²) in [4.78, 5) is 12.4. The van der Waals surface area contributed by atoms with Crippen LogP contribution in [0.15, 0.2) is 36.5 Å². The Morgan fingerprint density at radius 2 is 1.90 bits per heavy atom. The largest absolute Gasteiger partial charge is 0.335 e. The highest BCUT2D eigenvalue weighted by molar-refractivity contribution is 7.89. The Morgan fingerprint density at radius 1 is 1.24 bits per heavy atom. The average molecular weight is 420 g/mol. The fraction of sp³-hybridized carbons (Fsp3) is 0.500. The lowest BCUT2D eigenvalue weighted by Crippen LogP contribution is -2.49. The van der Waals surface area contributed by atoms with Gasteiger partial charge in [-0.25, -0.2) is 22.2 Å². The van der Waals surface area contributed by atoms with E-state index in [-0.39, 0.29) is 23.9 Å². The van der Waals surface area contributed by atoms with E-state index >= 15 is 0 Å². The number of nitrogens with zero attached hydrogens (tertiary/aromatic N) is 3. The van der Waals surface area contributed by atoms with Crippen LogP contribution in [-0.4, -0.2) is 53.4 Å². The zero-order valence-electron chi connectivity index (χ0n) is 17.1. The summed E-state index contributed by atoms with van der Waals surface area (Å²) in [6.45, 7) is 6.44. The molecule has 1 fully saturated rings. The molecule has 0 spiro atoms. The van der Waals surface area contributed by atoms with Gasteiger partial charge in [0.2, 0.25) is 10.0 Å². The van der Waals surface area contributed by atoms with Gasteiger partial charge in [-0.2, -0.15) is 5.10 Å². The van der Waals surface area contributed by atoms with Crippen LogP contribution < -0.4 is 10.6 Å². The number of para-hydroxylation sites is 1. The molecular weight excluding hydrogens is 390 g/mol. The molecule has 1 saturated heterocycles. The van der Waals surface area contributed by atoms with Crippen molar-refractivity contribution in [2.45, 2.75) is 45.7 Å². The van der Waals surface area contributed by atoms with Crippen molar-refractivity contribution in [3.63, 3.8) is 0 Å². The van der Waals surface area contributed by atoms with Crippen LogP contribution in [0, 0.1) is 6.92 Å². The first kappa shape index (κ1) is 21.3. The quantitative estimate of drug-likeness (QED) is 0.751. The number of urea groups is 1. The molecule has 158 valence electrons. The van der Waals surface area contributed by atoms with E-state index in [4.69, 9.17) is 0 Å². The van der Waals surface area contributed by atoms with Gasteiger partial charge in [0.15, 0.2) is 0 Å². The number of carbonyl (C=O) groups excluding carboxylic acids is 1. The van der Waals surface area contributed by atoms with Crippen molar-refractivity contribution in [3.05, 3.63) is 47.8 Å². The molecule has 2 N–H and O–H groups in total. The van der Waals surface area contributed by atoms with E-state index in [0.29, 0.717) is 25.9 Å². The van der Waals surface area contributed by atoms with E-state index in [2.05, 4.69) is 15.7 Å². The Balaban J connectivity index is 1.55. The average Bonchev–Trinajstić information content (AvgIpc) is 3.10. The second kappa shape index (κ2) is 8.96. The summed E-state index contributed by atoms with van der Waals surface area (Å²) in [5.41, 5.74) is 2.90. The molecule has 1 atom stereocenters. The van der Waals surface area contributed by atoms with Crippen LogP contribution in [0.25, 0.3) is 5.69 Å². The summed E-state index contributed by atoms with van der Waals surface area (Å²) in [5.74, 6) is 0.110. The topological polar surface area (TPSA) is 96.3 Å². The number of nitrogens with one attached hydrogen (secondary N) is 2. The summed E-state index contributed by atoms with van der Waals surface area (Å²) >= 11 is 0. The molecule has 1 unspecified atom stereocenters. The number of carbonyl (C=O) groups is 1. The summed E-state index contributed by atoms with van der Waals surface area (Å²) < 4.78 is 27.2. The number of piperidine rings is 1. The molecule has 1 aliphatic rings. The number of amides is 2. The van der Waals surface area contributed by atoms with Crippen LogP contribution in [0.5, 0.6) is 0 Å². The Kier molecular flexibility index (Phi) is 6.59. The zero-order chi connectivity index (χ0) is 21.0.